The van der Waals surface area contributed by atoms with E-state index in [1.54, 1.807) is 0 Å². The topological polar surface area (TPSA) is 168 Å². The average molecular weight is 262 g/mol. The minimum absolute atomic E-state index is 0.508. The van der Waals surface area contributed by atoms with E-state index in [0.29, 0.717) is 0 Å². The Kier molecular flexibility index (Phi) is 5.28. The number of hydrogen-bond donors (Lipinski definition) is 5. The molecule has 5 N–H and O–H groups in total. The fraction of sp³-hybridized carbons (Fsp3) is 0.875. The summed E-state index contributed by atoms with van der Waals surface area (Å²) in [6, 6.07) is -1.27. The van der Waals surface area contributed by atoms with Crippen LogP contribution in [0.2, 0.25) is 0 Å². The van der Waals surface area contributed by atoms with Crippen LogP contribution in [0.4, 0.5) is 0 Å². The number of hydrogen-bond acceptors (Lipinski definition) is 7. The third kappa shape index (κ3) is 3.29. The number of rotatable bonds is 4. The Morgan fingerprint density at radius 3 is 2.61 bits per heavy atom. The van der Waals surface area contributed by atoms with Gasteiger partial charge in [0.25, 0.3) is 0 Å². The quantitative estimate of drug-likeness (QED) is 0.208. The molecule has 0 aromatic carbocycles. The van der Waals surface area contributed by atoms with Crippen LogP contribution in [0.5, 0.6) is 0 Å². The lowest BCUT2D eigenvalue weighted by molar-refractivity contribution is -0.253. The zero-order valence-electron chi connectivity index (χ0n) is 9.25. The molecule has 1 amide bonds. The number of aliphatic hydroxyl groups is 4. The first-order valence-electron chi connectivity index (χ1n) is 5.12. The van der Waals surface area contributed by atoms with E-state index in [0.717, 1.165) is 0 Å². The van der Waals surface area contributed by atoms with E-state index in [2.05, 4.69) is 15.3 Å². The molecule has 1 heterocycles. The molecule has 18 heavy (non-hydrogen) atoms. The van der Waals surface area contributed by atoms with Gasteiger partial charge in [0, 0.05) is 4.91 Å². The van der Waals surface area contributed by atoms with Gasteiger partial charge in [-0.25, -0.2) is 0 Å². The maximum Gasteiger partial charge on any atom is 0.226 e. The van der Waals surface area contributed by atoms with Crippen molar-refractivity contribution in [1.29, 1.82) is 0 Å². The molecule has 1 aliphatic rings. The summed E-state index contributed by atoms with van der Waals surface area (Å²) in [6.07, 6.45) is -5.69. The summed E-state index contributed by atoms with van der Waals surface area (Å²) >= 11 is 0. The summed E-state index contributed by atoms with van der Waals surface area (Å²) in [5.74, 6) is -0.742. The second-order valence-electron chi connectivity index (χ2n) is 3.71. The van der Waals surface area contributed by atoms with E-state index < -0.39 is 49.7 Å². The average Bonchev–Trinajstić information content (AvgIpc) is 2.36. The summed E-state index contributed by atoms with van der Waals surface area (Å²) in [4.78, 5) is 13.6. The summed E-state index contributed by atoms with van der Waals surface area (Å²) in [7, 11) is 0. The second kappa shape index (κ2) is 6.50. The van der Waals surface area contributed by atoms with Crippen molar-refractivity contribution < 1.29 is 30.0 Å². The van der Waals surface area contributed by atoms with Gasteiger partial charge in [-0.1, -0.05) is 5.11 Å². The highest BCUT2D eigenvalue weighted by molar-refractivity contribution is 5.78. The van der Waals surface area contributed by atoms with E-state index >= 15 is 0 Å². The lowest BCUT2D eigenvalue weighted by Gasteiger charge is -2.40. The van der Waals surface area contributed by atoms with Crippen LogP contribution in [0.3, 0.4) is 0 Å². The Morgan fingerprint density at radius 2 is 2.06 bits per heavy atom. The molecule has 1 saturated heterocycles. The SMILES string of the molecule is [N-]=[N+]=NCC(=O)N[C@H]1[C@@H](O)[C@H](O)[C@H](CO)O[C@@H]1O. The monoisotopic (exact) mass is 262 g/mol. The minimum Gasteiger partial charge on any atom is -0.394 e. The molecule has 0 spiro atoms. The summed E-state index contributed by atoms with van der Waals surface area (Å²) in [5.41, 5.74) is 8.02. The lowest BCUT2D eigenvalue weighted by atomic mass is 9.97. The van der Waals surface area contributed by atoms with Gasteiger partial charge < -0.3 is 30.5 Å². The highest BCUT2D eigenvalue weighted by Crippen LogP contribution is 2.19. The van der Waals surface area contributed by atoms with Crippen molar-refractivity contribution in [3.63, 3.8) is 0 Å². The van der Waals surface area contributed by atoms with Gasteiger partial charge in [0.2, 0.25) is 5.91 Å². The molecule has 0 saturated carbocycles. The van der Waals surface area contributed by atoms with Crippen LogP contribution in [-0.2, 0) is 9.53 Å². The Labute approximate surface area is 101 Å². The van der Waals surface area contributed by atoms with Crippen molar-refractivity contribution in [3.8, 4) is 0 Å². The van der Waals surface area contributed by atoms with Gasteiger partial charge in [-0.2, -0.15) is 0 Å². The van der Waals surface area contributed by atoms with Crippen molar-refractivity contribution in [2.45, 2.75) is 30.6 Å². The molecule has 10 heteroatoms. The van der Waals surface area contributed by atoms with Crippen LogP contribution in [0.1, 0.15) is 0 Å². The van der Waals surface area contributed by atoms with Crippen molar-refractivity contribution in [1.82, 2.24) is 5.32 Å². The standard InChI is InChI=1S/C8H14N4O6/c9-12-10-1-4(14)11-5-7(16)6(15)3(2-13)18-8(5)17/h3,5-8,13,15-17H,1-2H2,(H,11,14)/t3-,5-,6+,7+,8-/m0/s1. The Hall–Kier alpha value is -1.42. The number of carbonyl (C=O) groups excluding carboxylic acids is 1. The first-order chi connectivity index (χ1) is 8.51. The van der Waals surface area contributed by atoms with Crippen LogP contribution in [0, 0.1) is 0 Å². The Morgan fingerprint density at radius 1 is 1.39 bits per heavy atom. The van der Waals surface area contributed by atoms with Crippen molar-refractivity contribution in [3.05, 3.63) is 10.4 Å². The van der Waals surface area contributed by atoms with Crippen molar-refractivity contribution in [2.75, 3.05) is 13.2 Å². The van der Waals surface area contributed by atoms with Crippen LogP contribution < -0.4 is 5.32 Å². The van der Waals surface area contributed by atoms with E-state index in [1.807, 2.05) is 0 Å². The third-order valence-electron chi connectivity index (χ3n) is 2.51. The first kappa shape index (κ1) is 14.6. The molecule has 102 valence electrons. The molecule has 0 aromatic heterocycles. The number of amides is 1. The summed E-state index contributed by atoms with van der Waals surface area (Å²) < 4.78 is 4.81. The Bertz CT molecular complexity index is 346. The fourth-order valence-corrected chi connectivity index (χ4v) is 1.58. The number of carbonyl (C=O) groups is 1. The van der Waals surface area contributed by atoms with E-state index in [4.69, 9.17) is 15.4 Å². The molecule has 0 radical (unpaired) electrons. The van der Waals surface area contributed by atoms with Gasteiger partial charge >= 0.3 is 0 Å². The molecule has 0 unspecified atom stereocenters. The highest BCUT2D eigenvalue weighted by Gasteiger charge is 2.44. The van der Waals surface area contributed by atoms with Crippen LogP contribution in [0.25, 0.3) is 10.4 Å². The van der Waals surface area contributed by atoms with Gasteiger partial charge in [-0.15, -0.1) is 0 Å². The molecule has 1 aliphatic heterocycles. The number of azide groups is 1. The second-order valence-corrected chi connectivity index (χ2v) is 3.71. The van der Waals surface area contributed by atoms with Gasteiger partial charge in [0.15, 0.2) is 6.29 Å². The zero-order valence-corrected chi connectivity index (χ0v) is 9.25. The fourth-order valence-electron chi connectivity index (χ4n) is 1.58. The molecular formula is C8H14N4O6. The molecule has 0 aromatic rings. The zero-order chi connectivity index (χ0) is 13.7. The largest absolute Gasteiger partial charge is 0.394 e. The van der Waals surface area contributed by atoms with Crippen molar-refractivity contribution in [2.24, 2.45) is 5.11 Å². The predicted molar refractivity (Wildman–Crippen MR) is 55.9 cm³/mol. The lowest BCUT2D eigenvalue weighted by Crippen LogP contribution is -2.64. The van der Waals surface area contributed by atoms with Crippen LogP contribution in [0.15, 0.2) is 5.11 Å². The van der Waals surface area contributed by atoms with Gasteiger partial charge in [-0.05, 0) is 5.53 Å². The molecule has 5 atom stereocenters. The van der Waals surface area contributed by atoms with Crippen LogP contribution in [-0.4, -0.2) is 70.1 Å². The number of nitrogens with zero attached hydrogens (tertiary/aromatic N) is 3. The van der Waals surface area contributed by atoms with E-state index in [1.165, 1.54) is 0 Å². The smallest absolute Gasteiger partial charge is 0.226 e. The van der Waals surface area contributed by atoms with Gasteiger partial charge in [-0.3, -0.25) is 4.79 Å². The molecule has 0 bridgehead atoms. The van der Waals surface area contributed by atoms with Gasteiger partial charge in [0.05, 0.1) is 6.61 Å². The van der Waals surface area contributed by atoms with E-state index in [-0.39, 0.29) is 0 Å². The minimum atomic E-state index is -1.59. The summed E-state index contributed by atoms with van der Waals surface area (Å²) in [5, 5.41) is 42.7. The van der Waals surface area contributed by atoms with Gasteiger partial charge in [0.1, 0.15) is 30.9 Å². The molecule has 1 rings (SSSR count). The molecular weight excluding hydrogens is 248 g/mol. The van der Waals surface area contributed by atoms with Crippen molar-refractivity contribution >= 4 is 5.91 Å². The van der Waals surface area contributed by atoms with Crippen LogP contribution >= 0.6 is 0 Å². The number of nitrogens with one attached hydrogen (secondary N) is 1. The third-order valence-corrected chi connectivity index (χ3v) is 2.51. The first-order valence-corrected chi connectivity index (χ1v) is 5.12. The maximum absolute atomic E-state index is 11.2. The highest BCUT2D eigenvalue weighted by atomic mass is 16.6. The Balaban J connectivity index is 2.64. The normalized spacial score (nSPS) is 35.7. The predicted octanol–water partition coefficient (Wildman–Crippen LogP) is -2.79. The molecule has 10 nitrogen and oxygen atoms in total. The summed E-state index contributed by atoms with van der Waals surface area (Å²) in [6.45, 7) is -1.10. The number of ether oxygens (including phenoxy) is 1. The molecule has 0 aliphatic carbocycles. The number of aliphatic hydroxyl groups excluding tert-OH is 4. The molecule has 1 fully saturated rings. The maximum atomic E-state index is 11.2. The van der Waals surface area contributed by atoms with E-state index in [9.17, 15) is 20.1 Å².